The number of fused-ring (bicyclic) bond motifs is 1. The molecule has 0 saturated heterocycles. The molecule has 1 atom stereocenters. The maximum absolute atomic E-state index is 12.8. The van der Waals surface area contributed by atoms with Gasteiger partial charge >= 0.3 is 0 Å². The first-order valence-corrected chi connectivity index (χ1v) is 10.6. The molecule has 0 aliphatic carbocycles. The molecule has 33 heavy (non-hydrogen) atoms. The maximum atomic E-state index is 12.8. The number of carbonyl (C=O) groups excluding carboxylic acids is 1. The lowest BCUT2D eigenvalue weighted by atomic mass is 9.85. The lowest BCUT2D eigenvalue weighted by Gasteiger charge is -2.25. The third-order valence-electron chi connectivity index (χ3n) is 5.56. The van der Waals surface area contributed by atoms with Crippen molar-refractivity contribution in [3.8, 4) is 23.0 Å². The van der Waals surface area contributed by atoms with E-state index < -0.39 is 0 Å². The van der Waals surface area contributed by atoms with Crippen LogP contribution in [0.2, 0.25) is 0 Å². The van der Waals surface area contributed by atoms with E-state index in [0.29, 0.717) is 18.1 Å². The van der Waals surface area contributed by atoms with Crippen molar-refractivity contribution in [1.82, 2.24) is 25.0 Å². The Morgan fingerprint density at radius 3 is 2.79 bits per heavy atom. The van der Waals surface area contributed by atoms with Crippen molar-refractivity contribution in [3.05, 3.63) is 90.3 Å². The van der Waals surface area contributed by atoms with Crippen LogP contribution in [0.15, 0.2) is 73.4 Å². The number of aryl methyl sites for hydroxylation is 1. The largest absolute Gasteiger partial charge is 0.489 e. The van der Waals surface area contributed by atoms with Crippen molar-refractivity contribution in [2.45, 2.75) is 19.3 Å². The number of nitrogens with one attached hydrogen (secondary N) is 1. The molecule has 1 aliphatic rings. The second-order valence-corrected chi connectivity index (χ2v) is 7.71. The fraction of sp³-hybridized carbons (Fsp3) is 0.160. The predicted molar refractivity (Wildman–Crippen MR) is 124 cm³/mol. The molecule has 3 heterocycles. The summed E-state index contributed by atoms with van der Waals surface area (Å²) in [6, 6.07) is 17.5. The van der Waals surface area contributed by atoms with Gasteiger partial charge < -0.3 is 10.1 Å². The Morgan fingerprint density at radius 2 is 1.97 bits per heavy atom. The lowest BCUT2D eigenvalue weighted by molar-refractivity contribution is -0.116. The molecule has 0 bridgehead atoms. The number of benzene rings is 2. The molecular weight excluding hydrogens is 416 g/mol. The summed E-state index contributed by atoms with van der Waals surface area (Å²) in [5.74, 6) is 1.24. The molecule has 164 valence electrons. The molecule has 0 radical (unpaired) electrons. The van der Waals surface area contributed by atoms with Crippen LogP contribution < -0.4 is 10.1 Å². The Bertz CT molecular complexity index is 1330. The fourth-order valence-electron chi connectivity index (χ4n) is 4.14. The second kappa shape index (κ2) is 8.66. The summed E-state index contributed by atoms with van der Waals surface area (Å²) < 4.78 is 7.43. The molecular formula is C25H22N6O2. The zero-order valence-corrected chi connectivity index (χ0v) is 18.1. The Hall–Kier alpha value is -4.33. The number of para-hydroxylation sites is 1. The van der Waals surface area contributed by atoms with Gasteiger partial charge in [-0.2, -0.15) is 14.9 Å². The van der Waals surface area contributed by atoms with Crippen LogP contribution in [0.3, 0.4) is 0 Å². The normalized spacial score (nSPS) is 14.9. The summed E-state index contributed by atoms with van der Waals surface area (Å²) in [6.45, 7) is 6.02. The van der Waals surface area contributed by atoms with Crippen molar-refractivity contribution in [2.75, 3.05) is 11.9 Å². The zero-order valence-electron chi connectivity index (χ0n) is 18.1. The Labute approximate surface area is 191 Å². The zero-order chi connectivity index (χ0) is 22.8. The van der Waals surface area contributed by atoms with E-state index in [1.807, 2.05) is 61.5 Å². The summed E-state index contributed by atoms with van der Waals surface area (Å²) >= 11 is 0. The third-order valence-corrected chi connectivity index (χ3v) is 5.56. The van der Waals surface area contributed by atoms with Crippen LogP contribution in [0.5, 0.6) is 5.75 Å². The van der Waals surface area contributed by atoms with Crippen molar-refractivity contribution < 1.29 is 9.53 Å². The van der Waals surface area contributed by atoms with Gasteiger partial charge in [-0.05, 0) is 13.0 Å². The molecule has 5 rings (SSSR count). The molecule has 0 fully saturated rings. The van der Waals surface area contributed by atoms with Crippen LogP contribution >= 0.6 is 0 Å². The van der Waals surface area contributed by atoms with Gasteiger partial charge in [-0.15, -0.1) is 5.10 Å². The minimum absolute atomic E-state index is 0.112. The molecule has 1 amide bonds. The molecule has 0 saturated carbocycles. The number of rotatable bonds is 6. The van der Waals surface area contributed by atoms with E-state index in [-0.39, 0.29) is 24.2 Å². The van der Waals surface area contributed by atoms with Gasteiger partial charge in [-0.3, -0.25) is 4.79 Å². The highest BCUT2D eigenvalue weighted by molar-refractivity contribution is 5.95. The summed E-state index contributed by atoms with van der Waals surface area (Å²) in [7, 11) is 0. The average Bonchev–Trinajstić information content (AvgIpc) is 3.19. The van der Waals surface area contributed by atoms with E-state index in [1.54, 1.807) is 17.0 Å². The van der Waals surface area contributed by atoms with Crippen LogP contribution in [0.4, 0.5) is 5.82 Å². The smallest absolute Gasteiger partial charge is 0.272 e. The lowest BCUT2D eigenvalue weighted by Crippen LogP contribution is -2.25. The van der Waals surface area contributed by atoms with Crippen LogP contribution in [-0.4, -0.2) is 37.5 Å². The highest BCUT2D eigenvalue weighted by Gasteiger charge is 2.34. The van der Waals surface area contributed by atoms with E-state index >= 15 is 0 Å². The number of hydrogen-bond acceptors (Lipinski definition) is 6. The second-order valence-electron chi connectivity index (χ2n) is 7.71. The van der Waals surface area contributed by atoms with E-state index in [0.717, 1.165) is 28.1 Å². The van der Waals surface area contributed by atoms with Gasteiger partial charge in [-0.25, -0.2) is 4.98 Å². The summed E-state index contributed by atoms with van der Waals surface area (Å²) in [5, 5.41) is 16.0. The average molecular weight is 438 g/mol. The van der Waals surface area contributed by atoms with E-state index in [9.17, 15) is 4.79 Å². The van der Waals surface area contributed by atoms with E-state index in [4.69, 9.17) is 4.74 Å². The van der Waals surface area contributed by atoms with Crippen molar-refractivity contribution in [3.63, 3.8) is 0 Å². The van der Waals surface area contributed by atoms with E-state index in [2.05, 4.69) is 32.2 Å². The van der Waals surface area contributed by atoms with Crippen LogP contribution in [0.1, 0.15) is 29.2 Å². The number of nitrogens with zero attached hydrogens (tertiary/aromatic N) is 5. The number of ether oxygens (including phenoxy) is 1. The molecule has 1 unspecified atom stereocenters. The van der Waals surface area contributed by atoms with Gasteiger partial charge in [0.2, 0.25) is 5.91 Å². The van der Waals surface area contributed by atoms with Crippen LogP contribution in [0, 0.1) is 6.92 Å². The first-order chi connectivity index (χ1) is 16.2. The van der Waals surface area contributed by atoms with Gasteiger partial charge in [0.1, 0.15) is 18.2 Å². The number of anilines is 1. The predicted octanol–water partition coefficient (Wildman–Crippen LogP) is 4.07. The Kier molecular flexibility index (Phi) is 5.40. The minimum atomic E-state index is -0.214. The molecule has 8 nitrogen and oxygen atoms in total. The van der Waals surface area contributed by atoms with Crippen LogP contribution in [0.25, 0.3) is 17.2 Å². The molecule has 0 spiro atoms. The third kappa shape index (κ3) is 3.87. The molecule has 4 aromatic rings. The van der Waals surface area contributed by atoms with Gasteiger partial charge in [-0.1, -0.05) is 61.2 Å². The van der Waals surface area contributed by atoms with Gasteiger partial charge in [0, 0.05) is 29.0 Å². The van der Waals surface area contributed by atoms with E-state index in [1.165, 1.54) is 0 Å². The number of amides is 1. The fourth-order valence-corrected chi connectivity index (χ4v) is 4.14. The topological polar surface area (TPSA) is 94.8 Å². The maximum Gasteiger partial charge on any atom is 0.272 e. The molecule has 2 aromatic heterocycles. The Morgan fingerprint density at radius 1 is 1.18 bits per heavy atom. The standard InChI is InChI=1S/C25H22N6O2/c1-3-13-33-21-12-8-7-11-18(21)19-14-22(32)28-24-23(19)16(2)30-31(24)25-27-20(15-26-29-25)17-9-5-4-6-10-17/h3-12,15,19H,1,13-14H2,2H3,(H,28,32). The number of hydrogen-bond donors (Lipinski definition) is 1. The number of carbonyl (C=O) groups is 1. The molecule has 2 aromatic carbocycles. The van der Waals surface area contributed by atoms with Gasteiger partial charge in [0.05, 0.1) is 17.6 Å². The van der Waals surface area contributed by atoms with Crippen molar-refractivity contribution in [2.24, 2.45) is 0 Å². The minimum Gasteiger partial charge on any atom is -0.489 e. The SMILES string of the molecule is C=CCOc1ccccc1C1CC(=O)Nc2c1c(C)nn2-c1nncc(-c2ccccc2)n1. The summed E-state index contributed by atoms with van der Waals surface area (Å²) in [5.41, 5.74) is 4.21. The first kappa shape index (κ1) is 20.6. The molecule has 1 N–H and O–H groups in total. The van der Waals surface area contributed by atoms with Gasteiger partial charge in [0.25, 0.3) is 5.95 Å². The summed E-state index contributed by atoms with van der Waals surface area (Å²) in [4.78, 5) is 17.4. The van der Waals surface area contributed by atoms with Gasteiger partial charge in [0.15, 0.2) is 0 Å². The van der Waals surface area contributed by atoms with Crippen LogP contribution in [-0.2, 0) is 4.79 Å². The summed E-state index contributed by atoms with van der Waals surface area (Å²) in [6.07, 6.45) is 3.59. The van der Waals surface area contributed by atoms with Crippen molar-refractivity contribution in [1.29, 1.82) is 0 Å². The monoisotopic (exact) mass is 438 g/mol. The Balaban J connectivity index is 1.61. The van der Waals surface area contributed by atoms with Crippen molar-refractivity contribution >= 4 is 11.7 Å². The molecule has 8 heteroatoms. The molecule has 1 aliphatic heterocycles. The highest BCUT2D eigenvalue weighted by Crippen LogP contribution is 2.42. The quantitative estimate of drug-likeness (QED) is 0.456. The first-order valence-electron chi connectivity index (χ1n) is 10.6. The number of aromatic nitrogens is 5. The highest BCUT2D eigenvalue weighted by atomic mass is 16.5.